The molecule has 2 rings (SSSR count). The number of ether oxygens (including phenoxy) is 3. The third-order valence-corrected chi connectivity index (χ3v) is 6.10. The highest BCUT2D eigenvalue weighted by atomic mass is 32.2. The minimum Gasteiger partial charge on any atom is -0.493 e. The average molecular weight is 429 g/mol. The van der Waals surface area contributed by atoms with Gasteiger partial charge in [0, 0.05) is 19.2 Å². The third-order valence-electron chi connectivity index (χ3n) is 4.22. The quantitative estimate of drug-likeness (QED) is 0.555. The summed E-state index contributed by atoms with van der Waals surface area (Å²) in [6.07, 6.45) is -0.921. The fraction of sp³-hybridized carbons (Fsp3) is 0.556. The highest BCUT2D eigenvalue weighted by molar-refractivity contribution is 7.89. The number of hydrogen-bond donors (Lipinski definition) is 2. The molecule has 0 aliphatic carbocycles. The molecule has 1 aliphatic heterocycles. The molecule has 1 saturated heterocycles. The zero-order valence-corrected chi connectivity index (χ0v) is 17.7. The highest BCUT2D eigenvalue weighted by Crippen LogP contribution is 2.31. The number of benzene rings is 1. The van der Waals surface area contributed by atoms with Gasteiger partial charge in [-0.1, -0.05) is 13.8 Å². The summed E-state index contributed by atoms with van der Waals surface area (Å²) >= 11 is 0. The van der Waals surface area contributed by atoms with Gasteiger partial charge in [0.25, 0.3) is 0 Å². The van der Waals surface area contributed by atoms with Crippen LogP contribution in [0, 0.1) is 5.92 Å². The standard InChI is InChI=1S/C18H27N3O7S/c1-12(2)10-19-17(22)18(23)20-11-16-21(7-8-28-16)29(24,25)13-5-6-14(26-3)15(9-13)27-4/h5-6,9,12,16H,7-8,10-11H2,1-4H3,(H,19,22)(H,20,23)/t16-/m1/s1. The van der Waals surface area contributed by atoms with Gasteiger partial charge in [0.1, 0.15) is 6.23 Å². The van der Waals surface area contributed by atoms with Gasteiger partial charge in [-0.2, -0.15) is 4.31 Å². The number of amides is 2. The highest BCUT2D eigenvalue weighted by Gasteiger charge is 2.37. The lowest BCUT2D eigenvalue weighted by Crippen LogP contribution is -2.47. The van der Waals surface area contributed by atoms with Gasteiger partial charge in [0.05, 0.1) is 32.3 Å². The van der Waals surface area contributed by atoms with Crippen LogP contribution in [0.15, 0.2) is 23.1 Å². The van der Waals surface area contributed by atoms with Crippen LogP contribution in [0.3, 0.4) is 0 Å². The lowest BCUT2D eigenvalue weighted by atomic mass is 10.2. The van der Waals surface area contributed by atoms with Crippen molar-refractivity contribution >= 4 is 21.8 Å². The number of nitrogens with one attached hydrogen (secondary N) is 2. The molecular formula is C18H27N3O7S. The van der Waals surface area contributed by atoms with Gasteiger partial charge in [-0.05, 0) is 18.1 Å². The molecule has 29 heavy (non-hydrogen) atoms. The minimum atomic E-state index is -3.91. The Labute approximate surface area is 170 Å². The van der Waals surface area contributed by atoms with Crippen molar-refractivity contribution in [2.24, 2.45) is 5.92 Å². The SMILES string of the molecule is COc1ccc(S(=O)(=O)N2CCO[C@@H]2CNC(=O)C(=O)NCC(C)C)cc1OC. The van der Waals surface area contributed by atoms with Gasteiger partial charge in [0.15, 0.2) is 11.5 Å². The lowest BCUT2D eigenvalue weighted by Gasteiger charge is -2.23. The summed E-state index contributed by atoms with van der Waals surface area (Å²) in [5, 5.41) is 4.91. The van der Waals surface area contributed by atoms with Gasteiger partial charge >= 0.3 is 11.8 Å². The van der Waals surface area contributed by atoms with Crippen molar-refractivity contribution in [2.75, 3.05) is 40.5 Å². The largest absolute Gasteiger partial charge is 0.493 e. The smallest absolute Gasteiger partial charge is 0.309 e. The van der Waals surface area contributed by atoms with E-state index < -0.39 is 28.1 Å². The molecule has 1 aromatic rings. The fourth-order valence-electron chi connectivity index (χ4n) is 2.69. The van der Waals surface area contributed by atoms with E-state index in [2.05, 4.69) is 10.6 Å². The van der Waals surface area contributed by atoms with Crippen LogP contribution in [0.2, 0.25) is 0 Å². The zero-order chi connectivity index (χ0) is 21.6. The molecule has 1 fully saturated rings. The number of nitrogens with zero attached hydrogens (tertiary/aromatic N) is 1. The van der Waals surface area contributed by atoms with Crippen molar-refractivity contribution in [1.82, 2.24) is 14.9 Å². The third kappa shape index (κ3) is 5.58. The molecule has 0 saturated carbocycles. The second kappa shape index (κ2) is 9.90. The molecule has 0 aromatic heterocycles. The predicted molar refractivity (Wildman–Crippen MR) is 104 cm³/mol. The van der Waals surface area contributed by atoms with Gasteiger partial charge < -0.3 is 24.8 Å². The van der Waals surface area contributed by atoms with E-state index in [0.717, 1.165) is 4.31 Å². The van der Waals surface area contributed by atoms with Crippen molar-refractivity contribution in [2.45, 2.75) is 25.0 Å². The number of rotatable bonds is 8. The maximum Gasteiger partial charge on any atom is 0.309 e. The van der Waals surface area contributed by atoms with Crippen LogP contribution in [0.5, 0.6) is 11.5 Å². The Morgan fingerprint density at radius 2 is 1.83 bits per heavy atom. The summed E-state index contributed by atoms with van der Waals surface area (Å²) in [6.45, 7) is 4.32. The molecule has 162 valence electrons. The van der Waals surface area contributed by atoms with E-state index in [1.165, 1.54) is 32.4 Å². The monoisotopic (exact) mass is 429 g/mol. The van der Waals surface area contributed by atoms with Crippen molar-refractivity contribution in [3.63, 3.8) is 0 Å². The molecule has 2 amide bonds. The number of carbonyl (C=O) groups is 2. The van der Waals surface area contributed by atoms with E-state index in [-0.39, 0.29) is 36.3 Å². The van der Waals surface area contributed by atoms with Crippen molar-refractivity contribution in [3.05, 3.63) is 18.2 Å². The van der Waals surface area contributed by atoms with Crippen molar-refractivity contribution in [3.8, 4) is 11.5 Å². The van der Waals surface area contributed by atoms with Crippen LogP contribution in [-0.2, 0) is 24.3 Å². The molecule has 0 unspecified atom stereocenters. The van der Waals surface area contributed by atoms with Crippen LogP contribution in [0.4, 0.5) is 0 Å². The van der Waals surface area contributed by atoms with Gasteiger partial charge in [-0.25, -0.2) is 8.42 Å². The molecule has 11 heteroatoms. The fourth-order valence-corrected chi connectivity index (χ4v) is 4.22. The Morgan fingerprint density at radius 3 is 2.45 bits per heavy atom. The first kappa shape index (κ1) is 22.9. The summed E-state index contributed by atoms with van der Waals surface area (Å²) in [4.78, 5) is 23.7. The molecular weight excluding hydrogens is 402 g/mol. The molecule has 1 aliphatic rings. The predicted octanol–water partition coefficient (Wildman–Crippen LogP) is -0.0608. The van der Waals surface area contributed by atoms with Gasteiger partial charge in [-0.3, -0.25) is 9.59 Å². The molecule has 1 atom stereocenters. The van der Waals surface area contributed by atoms with E-state index in [1.54, 1.807) is 0 Å². The Morgan fingerprint density at radius 1 is 1.17 bits per heavy atom. The topological polar surface area (TPSA) is 123 Å². The molecule has 0 bridgehead atoms. The van der Waals surface area contributed by atoms with Crippen molar-refractivity contribution < 1.29 is 32.2 Å². The average Bonchev–Trinajstić information content (AvgIpc) is 3.18. The van der Waals surface area contributed by atoms with Gasteiger partial charge in [-0.15, -0.1) is 0 Å². The van der Waals surface area contributed by atoms with Crippen LogP contribution in [-0.4, -0.2) is 71.2 Å². The Bertz CT molecular complexity index is 842. The van der Waals surface area contributed by atoms with E-state index in [4.69, 9.17) is 14.2 Å². The summed E-state index contributed by atoms with van der Waals surface area (Å²) in [7, 11) is -1.05. The summed E-state index contributed by atoms with van der Waals surface area (Å²) in [5.41, 5.74) is 0. The lowest BCUT2D eigenvalue weighted by molar-refractivity contribution is -0.139. The Hall–Kier alpha value is -2.37. The first-order valence-corrected chi connectivity index (χ1v) is 10.6. The van der Waals surface area contributed by atoms with Crippen LogP contribution in [0.25, 0.3) is 0 Å². The van der Waals surface area contributed by atoms with E-state index in [0.29, 0.717) is 12.3 Å². The molecule has 0 radical (unpaired) electrons. The first-order valence-electron chi connectivity index (χ1n) is 9.12. The second-order valence-corrected chi connectivity index (χ2v) is 8.66. The van der Waals surface area contributed by atoms with E-state index in [9.17, 15) is 18.0 Å². The van der Waals surface area contributed by atoms with Gasteiger partial charge in [0.2, 0.25) is 10.0 Å². The number of sulfonamides is 1. The molecule has 2 N–H and O–H groups in total. The van der Waals surface area contributed by atoms with Crippen LogP contribution in [0.1, 0.15) is 13.8 Å². The number of methoxy groups -OCH3 is 2. The Kier molecular flexibility index (Phi) is 7.82. The van der Waals surface area contributed by atoms with Crippen molar-refractivity contribution in [1.29, 1.82) is 0 Å². The Balaban J connectivity index is 2.07. The minimum absolute atomic E-state index is 0.00616. The first-order chi connectivity index (χ1) is 13.7. The molecule has 10 nitrogen and oxygen atoms in total. The van der Waals surface area contributed by atoms with Crippen LogP contribution < -0.4 is 20.1 Å². The second-order valence-electron chi connectivity index (χ2n) is 6.77. The maximum absolute atomic E-state index is 13.0. The van der Waals surface area contributed by atoms with Crippen LogP contribution >= 0.6 is 0 Å². The normalized spacial score (nSPS) is 17.2. The summed E-state index contributed by atoms with van der Waals surface area (Å²) in [6, 6.07) is 4.27. The maximum atomic E-state index is 13.0. The van der Waals surface area contributed by atoms with E-state index >= 15 is 0 Å². The molecule has 1 aromatic carbocycles. The zero-order valence-electron chi connectivity index (χ0n) is 16.9. The summed E-state index contributed by atoms with van der Waals surface area (Å²) < 4.78 is 42.9. The number of carbonyl (C=O) groups excluding carboxylic acids is 2. The summed E-state index contributed by atoms with van der Waals surface area (Å²) in [5.74, 6) is -0.733. The molecule has 0 spiro atoms. The number of hydrogen-bond acceptors (Lipinski definition) is 7. The molecule has 1 heterocycles. The van der Waals surface area contributed by atoms with E-state index in [1.807, 2.05) is 13.8 Å².